The second-order valence-electron chi connectivity index (χ2n) is 10.1. The first-order chi connectivity index (χ1) is 16.6. The zero-order valence-corrected chi connectivity index (χ0v) is 21.6. The van der Waals surface area contributed by atoms with Crippen LogP contribution in [0.2, 0.25) is 0 Å². The van der Waals surface area contributed by atoms with Gasteiger partial charge in [0, 0.05) is 31.9 Å². The van der Waals surface area contributed by atoms with E-state index in [1.165, 1.54) is 18.7 Å². The summed E-state index contributed by atoms with van der Waals surface area (Å²) in [5.41, 5.74) is 1.28. The number of alkyl halides is 3. The van der Waals surface area contributed by atoms with E-state index in [0.29, 0.717) is 12.0 Å². The van der Waals surface area contributed by atoms with Crippen LogP contribution in [0.25, 0.3) is 0 Å². The Kier molecular flexibility index (Phi) is 9.76. The fourth-order valence-electron chi connectivity index (χ4n) is 4.21. The molecule has 1 heterocycles. The summed E-state index contributed by atoms with van der Waals surface area (Å²) in [7, 11) is 3.75. The summed E-state index contributed by atoms with van der Waals surface area (Å²) in [6.45, 7) is 6.69. The van der Waals surface area contributed by atoms with E-state index in [2.05, 4.69) is 10.6 Å². The third kappa shape index (κ3) is 7.11. The number of hydrogen-bond acceptors (Lipinski definition) is 5. The molecule has 0 aliphatic carbocycles. The second kappa shape index (κ2) is 11.9. The molecule has 0 aromatic heterocycles. The van der Waals surface area contributed by atoms with Crippen LogP contribution in [0.15, 0.2) is 24.3 Å². The Hall–Kier alpha value is -2.82. The summed E-state index contributed by atoms with van der Waals surface area (Å²) in [4.78, 5) is 42.4. The van der Waals surface area contributed by atoms with Crippen LogP contribution in [0, 0.1) is 11.8 Å². The molecule has 0 bridgehead atoms. The molecule has 1 saturated heterocycles. The third-order valence-corrected chi connectivity index (χ3v) is 6.41. The van der Waals surface area contributed by atoms with E-state index in [1.54, 1.807) is 38.1 Å². The van der Waals surface area contributed by atoms with Gasteiger partial charge < -0.3 is 25.5 Å². The highest BCUT2D eigenvalue weighted by molar-refractivity contribution is 5.98. The van der Waals surface area contributed by atoms with Gasteiger partial charge in [-0.1, -0.05) is 27.7 Å². The quantitative estimate of drug-likeness (QED) is 0.470. The smallest absolute Gasteiger partial charge is 0.382 e. The Balaban J connectivity index is 2.16. The lowest BCUT2D eigenvalue weighted by molar-refractivity contribution is -0.215. The van der Waals surface area contributed by atoms with Crippen LogP contribution in [0.4, 0.5) is 18.9 Å². The van der Waals surface area contributed by atoms with Gasteiger partial charge in [0.25, 0.3) is 5.91 Å². The molecule has 202 valence electrons. The number of hydrogen-bond donors (Lipinski definition) is 3. The molecule has 0 saturated carbocycles. The van der Waals surface area contributed by atoms with Crippen molar-refractivity contribution < 1.29 is 32.7 Å². The molecule has 11 heteroatoms. The van der Waals surface area contributed by atoms with Crippen molar-refractivity contribution in [3.05, 3.63) is 29.8 Å². The zero-order chi connectivity index (χ0) is 27.4. The molecule has 36 heavy (non-hydrogen) atoms. The van der Waals surface area contributed by atoms with Crippen LogP contribution < -0.4 is 15.5 Å². The molecule has 1 aliphatic heterocycles. The number of nitrogens with zero attached hydrogens (tertiary/aromatic N) is 2. The average molecular weight is 515 g/mol. The van der Waals surface area contributed by atoms with Gasteiger partial charge in [0.2, 0.25) is 11.8 Å². The van der Waals surface area contributed by atoms with Crippen molar-refractivity contribution in [3.63, 3.8) is 0 Å². The minimum Gasteiger partial charge on any atom is -0.382 e. The molecule has 1 aliphatic rings. The van der Waals surface area contributed by atoms with E-state index < -0.39 is 54.0 Å². The lowest BCUT2D eigenvalue weighted by Gasteiger charge is -2.33. The first-order valence-electron chi connectivity index (χ1n) is 12.1. The van der Waals surface area contributed by atoms with Gasteiger partial charge in [-0.05, 0) is 48.9 Å². The molecular formula is C25H37F3N4O4. The Morgan fingerprint density at radius 3 is 2.08 bits per heavy atom. The summed E-state index contributed by atoms with van der Waals surface area (Å²) < 4.78 is 39.3. The Morgan fingerprint density at radius 1 is 1.03 bits per heavy atom. The Bertz CT molecular complexity index is 919. The van der Waals surface area contributed by atoms with Crippen molar-refractivity contribution in [1.82, 2.24) is 15.5 Å². The van der Waals surface area contributed by atoms with Gasteiger partial charge in [-0.15, -0.1) is 0 Å². The average Bonchev–Trinajstić information content (AvgIpc) is 3.29. The van der Waals surface area contributed by atoms with Crippen molar-refractivity contribution in [3.8, 4) is 0 Å². The van der Waals surface area contributed by atoms with Gasteiger partial charge in [0.05, 0.1) is 6.04 Å². The topological polar surface area (TPSA) is 102 Å². The molecule has 1 fully saturated rings. The summed E-state index contributed by atoms with van der Waals surface area (Å²) in [6.07, 6.45) is -6.86. The number of aliphatic hydroxyl groups excluding tert-OH is 1. The van der Waals surface area contributed by atoms with Crippen LogP contribution in [-0.4, -0.2) is 78.8 Å². The number of aliphatic hydroxyl groups is 1. The molecule has 0 radical (unpaired) electrons. The van der Waals surface area contributed by atoms with Crippen LogP contribution in [0.5, 0.6) is 0 Å². The number of carbonyl (C=O) groups is 3. The van der Waals surface area contributed by atoms with E-state index in [-0.39, 0.29) is 18.9 Å². The van der Waals surface area contributed by atoms with Crippen LogP contribution in [0.3, 0.4) is 0 Å². The number of rotatable bonds is 9. The number of benzene rings is 1. The summed E-state index contributed by atoms with van der Waals surface area (Å²) >= 11 is 0. The largest absolute Gasteiger partial charge is 0.416 e. The van der Waals surface area contributed by atoms with E-state index in [0.717, 1.165) is 5.69 Å². The van der Waals surface area contributed by atoms with Crippen molar-refractivity contribution in [2.75, 3.05) is 25.5 Å². The Morgan fingerprint density at radius 2 is 1.61 bits per heavy atom. The van der Waals surface area contributed by atoms with E-state index in [1.807, 2.05) is 19.0 Å². The van der Waals surface area contributed by atoms with Crippen LogP contribution in [-0.2, 0) is 9.59 Å². The van der Waals surface area contributed by atoms with E-state index >= 15 is 0 Å². The molecular weight excluding hydrogens is 477 g/mol. The van der Waals surface area contributed by atoms with Gasteiger partial charge >= 0.3 is 6.18 Å². The van der Waals surface area contributed by atoms with Gasteiger partial charge in [0.1, 0.15) is 12.1 Å². The highest BCUT2D eigenvalue weighted by Crippen LogP contribution is 2.27. The minimum atomic E-state index is -4.90. The molecule has 3 amide bonds. The molecule has 2 unspecified atom stereocenters. The lowest BCUT2D eigenvalue weighted by Crippen LogP contribution is -2.59. The minimum absolute atomic E-state index is 0.238. The molecule has 0 spiro atoms. The normalized spacial score (nSPS) is 18.7. The number of amides is 3. The van der Waals surface area contributed by atoms with Gasteiger partial charge in [-0.25, -0.2) is 0 Å². The molecule has 4 atom stereocenters. The maximum absolute atomic E-state index is 13.4. The number of likely N-dealkylation sites (tertiary alicyclic amines) is 1. The summed E-state index contributed by atoms with van der Waals surface area (Å²) in [5.74, 6) is -2.67. The molecule has 8 nitrogen and oxygen atoms in total. The monoisotopic (exact) mass is 514 g/mol. The highest BCUT2D eigenvalue weighted by Gasteiger charge is 2.46. The highest BCUT2D eigenvalue weighted by atomic mass is 19.4. The number of nitrogens with one attached hydrogen (secondary N) is 2. The summed E-state index contributed by atoms with van der Waals surface area (Å²) in [6, 6.07) is 3.39. The zero-order valence-electron chi connectivity index (χ0n) is 21.6. The van der Waals surface area contributed by atoms with E-state index in [9.17, 15) is 32.7 Å². The van der Waals surface area contributed by atoms with Crippen molar-refractivity contribution >= 4 is 23.4 Å². The molecule has 1 aromatic carbocycles. The van der Waals surface area contributed by atoms with Crippen molar-refractivity contribution in [2.45, 2.75) is 70.9 Å². The number of anilines is 1. The first-order valence-corrected chi connectivity index (χ1v) is 12.1. The lowest BCUT2D eigenvalue weighted by atomic mass is 9.97. The number of halogens is 3. The SMILES string of the molecule is CC(C)C(NC(=O)[C@@H]1CCCN1C(=O)[C@@H](NC(=O)c1ccc(N(C)C)cc1)C(C)C)C(O)C(F)(F)F. The van der Waals surface area contributed by atoms with Crippen LogP contribution in [0.1, 0.15) is 50.9 Å². The first kappa shape index (κ1) is 29.4. The fourth-order valence-corrected chi connectivity index (χ4v) is 4.21. The van der Waals surface area contributed by atoms with Gasteiger partial charge in [-0.2, -0.15) is 13.2 Å². The standard InChI is InChI=1S/C25H37F3N4O4/c1-14(2)19(21(33)25(26,27)28)29-23(35)18-8-7-13-32(18)24(36)20(15(3)4)30-22(34)16-9-11-17(12-10-16)31(5)6/h9-12,14-15,18-21,33H,7-8,13H2,1-6H3,(H,29,35)(H,30,34)/t18-,19?,20-,21?/m0/s1. The van der Waals surface area contributed by atoms with Crippen molar-refractivity contribution in [2.24, 2.45) is 11.8 Å². The Labute approximate surface area is 210 Å². The van der Waals surface area contributed by atoms with Gasteiger partial charge in [0.15, 0.2) is 6.10 Å². The number of carbonyl (C=O) groups excluding carboxylic acids is 3. The molecule has 3 N–H and O–H groups in total. The predicted octanol–water partition coefficient (Wildman–Crippen LogP) is 2.56. The second-order valence-corrected chi connectivity index (χ2v) is 10.1. The predicted molar refractivity (Wildman–Crippen MR) is 130 cm³/mol. The maximum Gasteiger partial charge on any atom is 0.416 e. The van der Waals surface area contributed by atoms with E-state index in [4.69, 9.17) is 0 Å². The van der Waals surface area contributed by atoms with Crippen LogP contribution >= 0.6 is 0 Å². The van der Waals surface area contributed by atoms with Gasteiger partial charge in [-0.3, -0.25) is 14.4 Å². The fraction of sp³-hybridized carbons (Fsp3) is 0.640. The summed E-state index contributed by atoms with van der Waals surface area (Å²) in [5, 5.41) is 14.8. The van der Waals surface area contributed by atoms with Crippen molar-refractivity contribution in [1.29, 1.82) is 0 Å². The maximum atomic E-state index is 13.4. The third-order valence-electron chi connectivity index (χ3n) is 6.41. The molecule has 1 aromatic rings. The molecule has 2 rings (SSSR count).